The Morgan fingerprint density at radius 1 is 1.10 bits per heavy atom. The Labute approximate surface area is 173 Å². The summed E-state index contributed by atoms with van der Waals surface area (Å²) in [6.07, 6.45) is 2.30. The number of nitrogens with one attached hydrogen (secondary N) is 1. The maximum atomic E-state index is 12.9. The van der Waals surface area contributed by atoms with Crippen LogP contribution in [-0.4, -0.2) is 31.5 Å². The number of fused-ring (bicyclic) bond motifs is 1. The summed E-state index contributed by atoms with van der Waals surface area (Å²) in [5.74, 6) is 2.84. The zero-order chi connectivity index (χ0) is 20.6. The standard InChI is InChI=1S/C23H22N2O5/c1-27-17-5-2-15(3-6-17)8-11-24-22(26)23(9-10-23)21-13-19(30-25-21)16-4-7-18-20(12-16)29-14-28-18/h2-7,12-13H,8-11,14H2,1H3,(H,24,26). The highest BCUT2D eigenvalue weighted by molar-refractivity contribution is 5.91. The molecule has 0 unspecified atom stereocenters. The van der Waals surface area contributed by atoms with Crippen LogP contribution in [0, 0.1) is 0 Å². The third-order valence-electron chi connectivity index (χ3n) is 5.70. The van der Waals surface area contributed by atoms with Crippen molar-refractivity contribution in [1.82, 2.24) is 10.5 Å². The fourth-order valence-electron chi connectivity index (χ4n) is 3.69. The Balaban J connectivity index is 1.23. The van der Waals surface area contributed by atoms with E-state index in [0.717, 1.165) is 36.1 Å². The van der Waals surface area contributed by atoms with Gasteiger partial charge in [0.2, 0.25) is 12.7 Å². The van der Waals surface area contributed by atoms with E-state index in [4.69, 9.17) is 18.7 Å². The molecular formula is C23H22N2O5. The number of nitrogens with zero attached hydrogens (tertiary/aromatic N) is 1. The monoisotopic (exact) mass is 406 g/mol. The van der Waals surface area contributed by atoms with Crippen LogP contribution < -0.4 is 19.5 Å². The molecule has 1 aliphatic carbocycles. The van der Waals surface area contributed by atoms with Gasteiger partial charge in [-0.3, -0.25) is 4.79 Å². The normalized spacial score (nSPS) is 15.6. The smallest absolute Gasteiger partial charge is 0.232 e. The van der Waals surface area contributed by atoms with Crippen LogP contribution in [-0.2, 0) is 16.6 Å². The summed E-state index contributed by atoms with van der Waals surface area (Å²) in [6.45, 7) is 0.792. The van der Waals surface area contributed by atoms with Crippen molar-refractivity contribution in [2.45, 2.75) is 24.7 Å². The highest BCUT2D eigenvalue weighted by Gasteiger charge is 2.53. The first-order chi connectivity index (χ1) is 14.7. The van der Waals surface area contributed by atoms with E-state index in [1.807, 2.05) is 48.5 Å². The van der Waals surface area contributed by atoms with Crippen molar-refractivity contribution in [1.29, 1.82) is 0 Å². The molecule has 5 rings (SSSR count). The third-order valence-corrected chi connectivity index (χ3v) is 5.70. The zero-order valence-electron chi connectivity index (χ0n) is 16.6. The Bertz CT molecular complexity index is 1070. The van der Waals surface area contributed by atoms with Gasteiger partial charge in [0.05, 0.1) is 18.2 Å². The molecule has 1 fully saturated rings. The third kappa shape index (κ3) is 3.36. The van der Waals surface area contributed by atoms with Gasteiger partial charge in [-0.15, -0.1) is 0 Å². The van der Waals surface area contributed by atoms with E-state index < -0.39 is 5.41 Å². The van der Waals surface area contributed by atoms with Crippen LogP contribution in [0.25, 0.3) is 11.3 Å². The van der Waals surface area contributed by atoms with E-state index in [9.17, 15) is 4.79 Å². The molecule has 0 bridgehead atoms. The predicted molar refractivity (Wildman–Crippen MR) is 109 cm³/mol. The van der Waals surface area contributed by atoms with Crippen molar-refractivity contribution in [3.05, 3.63) is 59.8 Å². The van der Waals surface area contributed by atoms with Crippen LogP contribution in [0.15, 0.2) is 53.1 Å². The molecule has 30 heavy (non-hydrogen) atoms. The number of methoxy groups -OCH3 is 1. The summed E-state index contributed by atoms with van der Waals surface area (Å²) >= 11 is 0. The van der Waals surface area contributed by atoms with Crippen LogP contribution in [0.5, 0.6) is 17.2 Å². The lowest BCUT2D eigenvalue weighted by Crippen LogP contribution is -2.36. The molecule has 1 saturated carbocycles. The van der Waals surface area contributed by atoms with Crippen LogP contribution in [0.2, 0.25) is 0 Å². The quantitative estimate of drug-likeness (QED) is 0.647. The minimum atomic E-state index is -0.585. The number of amides is 1. The molecule has 0 atom stereocenters. The van der Waals surface area contributed by atoms with Gasteiger partial charge in [-0.2, -0.15) is 0 Å². The first-order valence-corrected chi connectivity index (χ1v) is 9.96. The van der Waals surface area contributed by atoms with E-state index >= 15 is 0 Å². The summed E-state index contributed by atoms with van der Waals surface area (Å²) < 4.78 is 21.5. The number of rotatable bonds is 7. The Morgan fingerprint density at radius 3 is 2.67 bits per heavy atom. The van der Waals surface area contributed by atoms with Gasteiger partial charge >= 0.3 is 0 Å². The molecule has 2 aliphatic rings. The molecule has 1 amide bonds. The Morgan fingerprint density at radius 2 is 1.90 bits per heavy atom. The largest absolute Gasteiger partial charge is 0.497 e. The average molecular weight is 406 g/mol. The molecule has 7 heteroatoms. The van der Waals surface area contributed by atoms with Gasteiger partial charge in [0, 0.05) is 18.2 Å². The minimum Gasteiger partial charge on any atom is -0.497 e. The van der Waals surface area contributed by atoms with Crippen molar-refractivity contribution in [2.75, 3.05) is 20.4 Å². The topological polar surface area (TPSA) is 82.8 Å². The number of hydrogen-bond donors (Lipinski definition) is 1. The number of ether oxygens (including phenoxy) is 3. The molecule has 1 N–H and O–H groups in total. The molecule has 2 aromatic carbocycles. The number of carbonyl (C=O) groups is 1. The van der Waals surface area contributed by atoms with Gasteiger partial charge in [0.25, 0.3) is 0 Å². The maximum Gasteiger partial charge on any atom is 0.232 e. The maximum absolute atomic E-state index is 12.9. The first-order valence-electron chi connectivity index (χ1n) is 9.96. The Hall–Kier alpha value is -3.48. The summed E-state index contributed by atoms with van der Waals surface area (Å²) in [4.78, 5) is 12.9. The van der Waals surface area contributed by atoms with Crippen LogP contribution in [0.1, 0.15) is 24.1 Å². The van der Waals surface area contributed by atoms with E-state index in [1.165, 1.54) is 0 Å². The molecule has 1 aliphatic heterocycles. The van der Waals surface area contributed by atoms with E-state index in [0.29, 0.717) is 29.5 Å². The lowest BCUT2D eigenvalue weighted by molar-refractivity contribution is -0.123. The molecule has 0 radical (unpaired) electrons. The second-order valence-electron chi connectivity index (χ2n) is 7.58. The van der Waals surface area contributed by atoms with Gasteiger partial charge in [-0.05, 0) is 55.2 Å². The molecule has 3 aromatic rings. The Kier molecular flexibility index (Phi) is 4.58. The van der Waals surface area contributed by atoms with Crippen molar-refractivity contribution in [3.8, 4) is 28.6 Å². The fraction of sp³-hybridized carbons (Fsp3) is 0.304. The van der Waals surface area contributed by atoms with Gasteiger partial charge in [0.15, 0.2) is 17.3 Å². The van der Waals surface area contributed by atoms with Gasteiger partial charge < -0.3 is 24.1 Å². The minimum absolute atomic E-state index is 0.00143. The van der Waals surface area contributed by atoms with Gasteiger partial charge in [-0.25, -0.2) is 0 Å². The predicted octanol–water partition coefficient (Wildman–Crippen LogP) is 3.47. The summed E-state index contributed by atoms with van der Waals surface area (Å²) in [6, 6.07) is 15.3. The molecule has 1 aromatic heterocycles. The second kappa shape index (κ2) is 7.40. The van der Waals surface area contributed by atoms with Crippen LogP contribution in [0.3, 0.4) is 0 Å². The van der Waals surface area contributed by atoms with Crippen molar-refractivity contribution in [3.63, 3.8) is 0 Å². The molecular weight excluding hydrogens is 384 g/mol. The second-order valence-corrected chi connectivity index (χ2v) is 7.58. The highest BCUT2D eigenvalue weighted by Crippen LogP contribution is 2.49. The van der Waals surface area contributed by atoms with E-state index in [2.05, 4.69) is 10.5 Å². The average Bonchev–Trinajstić information content (AvgIpc) is 3.21. The number of hydrogen-bond acceptors (Lipinski definition) is 6. The van der Waals surface area contributed by atoms with Crippen molar-refractivity contribution < 1.29 is 23.5 Å². The first kappa shape index (κ1) is 18.5. The number of benzene rings is 2. The number of carbonyl (C=O) groups excluding carboxylic acids is 1. The number of aromatic nitrogens is 1. The zero-order valence-corrected chi connectivity index (χ0v) is 16.6. The van der Waals surface area contributed by atoms with Crippen LogP contribution in [0.4, 0.5) is 0 Å². The summed E-state index contributed by atoms with van der Waals surface area (Å²) in [5.41, 5.74) is 2.08. The molecule has 0 saturated heterocycles. The van der Waals surface area contributed by atoms with Gasteiger partial charge in [-0.1, -0.05) is 17.3 Å². The van der Waals surface area contributed by atoms with Crippen molar-refractivity contribution >= 4 is 5.91 Å². The van der Waals surface area contributed by atoms with E-state index in [-0.39, 0.29) is 12.7 Å². The summed E-state index contributed by atoms with van der Waals surface area (Å²) in [5, 5.41) is 7.26. The SMILES string of the molecule is COc1ccc(CCNC(=O)C2(c3cc(-c4ccc5c(c4)OCO5)on3)CC2)cc1. The molecule has 2 heterocycles. The highest BCUT2D eigenvalue weighted by atomic mass is 16.7. The van der Waals surface area contributed by atoms with Gasteiger partial charge in [0.1, 0.15) is 5.75 Å². The lowest BCUT2D eigenvalue weighted by Gasteiger charge is -2.12. The lowest BCUT2D eigenvalue weighted by atomic mass is 10.00. The molecule has 7 nitrogen and oxygen atoms in total. The van der Waals surface area contributed by atoms with E-state index in [1.54, 1.807) is 7.11 Å². The van der Waals surface area contributed by atoms with Crippen molar-refractivity contribution in [2.24, 2.45) is 0 Å². The molecule has 154 valence electrons. The fourth-order valence-corrected chi connectivity index (χ4v) is 3.69. The van der Waals surface area contributed by atoms with Crippen LogP contribution >= 0.6 is 0 Å². The molecule has 0 spiro atoms. The summed E-state index contributed by atoms with van der Waals surface area (Å²) in [7, 11) is 1.65.